The van der Waals surface area contributed by atoms with E-state index in [4.69, 9.17) is 25.3 Å². The Bertz CT molecular complexity index is 584. The van der Waals surface area contributed by atoms with Crippen molar-refractivity contribution >= 4 is 47.0 Å². The molecule has 0 aliphatic rings. The zero-order chi connectivity index (χ0) is 15.7. The molecule has 1 aromatic heterocycles. The van der Waals surface area contributed by atoms with Crippen molar-refractivity contribution in [2.24, 2.45) is 20.4 Å². The summed E-state index contributed by atoms with van der Waals surface area (Å²) in [6.07, 6.45) is 1.66. The average Bonchev–Trinajstić information content (AvgIpc) is 2.53. The smallest absolute Gasteiger partial charge is 0.741 e. The molecule has 0 saturated carbocycles. The van der Waals surface area contributed by atoms with Gasteiger partial charge >= 0.3 is 17.1 Å². The molecular weight excluding hydrogens is 370 g/mol. The van der Waals surface area contributed by atoms with Crippen LogP contribution >= 0.6 is 0 Å². The van der Waals surface area contributed by atoms with Crippen LogP contribution in [0.2, 0.25) is 0 Å². The fourth-order valence-electron chi connectivity index (χ4n) is 1.17. The van der Waals surface area contributed by atoms with Crippen LogP contribution in [-0.4, -0.2) is 40.8 Å². The Morgan fingerprint density at radius 3 is 2.09 bits per heavy atom. The van der Waals surface area contributed by atoms with Gasteiger partial charge in [0.2, 0.25) is 0 Å². The first kappa shape index (κ1) is 20.4. The minimum Gasteiger partial charge on any atom is -0.741 e. The van der Waals surface area contributed by atoms with Crippen LogP contribution in [0, 0.1) is 0 Å². The van der Waals surface area contributed by atoms with E-state index < -0.39 is 0 Å². The van der Waals surface area contributed by atoms with Gasteiger partial charge in [0.15, 0.2) is 0 Å². The molecule has 0 unspecified atom stereocenters. The summed E-state index contributed by atoms with van der Waals surface area (Å²) in [5, 5.41) is 21.8. The topological polar surface area (TPSA) is 86.4 Å². The van der Waals surface area contributed by atoms with Crippen LogP contribution < -0.4 is 10.6 Å². The molecule has 0 aliphatic heterocycles. The van der Waals surface area contributed by atoms with Gasteiger partial charge in [-0.1, -0.05) is 6.07 Å². The number of nitrogens with one attached hydrogen (secondary N) is 2. The Labute approximate surface area is 151 Å². The van der Waals surface area contributed by atoms with Gasteiger partial charge in [-0.2, -0.15) is 15.3 Å². The molecule has 0 atom stereocenters. The predicted molar refractivity (Wildman–Crippen MR) is 91.6 cm³/mol. The third-order valence-corrected chi connectivity index (χ3v) is 2.78. The van der Waals surface area contributed by atoms with E-state index in [1.165, 1.54) is 0 Å². The minimum atomic E-state index is 0. The predicted octanol–water partition coefficient (Wildman–Crippen LogP) is 0.404. The van der Waals surface area contributed by atoms with Crippen LogP contribution in [0.15, 0.2) is 44.8 Å². The van der Waals surface area contributed by atoms with Crippen molar-refractivity contribution in [3.8, 4) is 0 Å². The van der Waals surface area contributed by atoms with E-state index in [9.17, 15) is 0 Å². The van der Waals surface area contributed by atoms with Crippen molar-refractivity contribution in [3.63, 3.8) is 0 Å². The van der Waals surface area contributed by atoms with Crippen molar-refractivity contribution in [1.29, 1.82) is 0 Å². The minimum absolute atomic E-state index is 0. The van der Waals surface area contributed by atoms with Crippen LogP contribution in [0.25, 0.3) is 0 Å². The van der Waals surface area contributed by atoms with Gasteiger partial charge in [0.1, 0.15) is 5.71 Å². The fourth-order valence-corrected chi connectivity index (χ4v) is 1.26. The van der Waals surface area contributed by atoms with E-state index in [1.54, 1.807) is 33.3 Å². The summed E-state index contributed by atoms with van der Waals surface area (Å²) in [5.41, 5.74) is 1.61. The molecule has 121 valence electrons. The molecule has 1 radical (unpaired) electrons. The largest absolute Gasteiger partial charge is 2.00 e. The zero-order valence-corrected chi connectivity index (χ0v) is 14.7. The van der Waals surface area contributed by atoms with E-state index in [0.29, 0.717) is 17.1 Å². The number of pyridine rings is 1. The molecule has 1 heterocycles. The van der Waals surface area contributed by atoms with Gasteiger partial charge in [-0.05, 0) is 29.4 Å². The zero-order valence-electron chi connectivity index (χ0n) is 12.2. The summed E-state index contributed by atoms with van der Waals surface area (Å²) < 4.78 is 0. The van der Waals surface area contributed by atoms with Crippen molar-refractivity contribution in [3.05, 3.63) is 30.1 Å². The number of aromatic nitrogens is 1. The molecule has 0 spiro atoms. The van der Waals surface area contributed by atoms with Gasteiger partial charge in [0.05, 0.1) is 11.4 Å². The van der Waals surface area contributed by atoms with Gasteiger partial charge in [-0.25, -0.2) is 0 Å². The Hall–Kier alpha value is -1.61. The molecule has 0 bridgehead atoms. The molecule has 0 aliphatic carbocycles. The second-order valence-corrected chi connectivity index (χ2v) is 4.43. The Morgan fingerprint density at radius 1 is 1.00 bits per heavy atom. The molecule has 0 fully saturated rings. The second kappa shape index (κ2) is 11.0. The Kier molecular flexibility index (Phi) is 10.2. The normalized spacial score (nSPS) is 13.4. The Morgan fingerprint density at radius 2 is 1.59 bits per heavy atom. The number of amidine groups is 2. The molecule has 1 aromatic rings. The van der Waals surface area contributed by atoms with Crippen molar-refractivity contribution in [1.82, 2.24) is 15.6 Å². The molecule has 0 aromatic carbocycles. The maximum absolute atomic E-state index is 4.94. The van der Waals surface area contributed by atoms with E-state index >= 15 is 0 Å². The number of rotatable bonds is 4. The molecule has 22 heavy (non-hydrogen) atoms. The molecular formula is C12H15CuN7S2. The maximum atomic E-state index is 4.94. The molecule has 1 rings (SSSR count). The molecule has 10 heteroatoms. The van der Waals surface area contributed by atoms with Gasteiger partial charge < -0.3 is 35.9 Å². The molecule has 0 saturated heterocycles. The maximum Gasteiger partial charge on any atom is 2.00 e. The van der Waals surface area contributed by atoms with E-state index in [2.05, 4.69) is 36.0 Å². The first-order valence-corrected chi connectivity index (χ1v) is 6.79. The van der Waals surface area contributed by atoms with Gasteiger partial charge in [0.25, 0.3) is 0 Å². The van der Waals surface area contributed by atoms with Crippen molar-refractivity contribution in [2.75, 3.05) is 14.1 Å². The second-order valence-electron chi connectivity index (χ2n) is 3.66. The summed E-state index contributed by atoms with van der Waals surface area (Å²) in [5.74, 6) is 0. The molecule has 0 amide bonds. The SMILES string of the molecule is CNC([S-])=NN=C(C)C(=NN=C([S-])NC)c1ccccn1.[Cu+2]. The van der Waals surface area contributed by atoms with Crippen molar-refractivity contribution in [2.45, 2.75) is 6.92 Å². The third kappa shape index (κ3) is 6.90. The van der Waals surface area contributed by atoms with E-state index in [0.717, 1.165) is 0 Å². The first-order valence-electron chi connectivity index (χ1n) is 5.97. The summed E-state index contributed by atoms with van der Waals surface area (Å²) in [4.78, 5) is 4.23. The van der Waals surface area contributed by atoms with Gasteiger partial charge in [-0.15, -0.1) is 5.10 Å². The summed E-state index contributed by atoms with van der Waals surface area (Å²) in [6.45, 7) is 1.74. The van der Waals surface area contributed by atoms with Gasteiger partial charge in [-0.3, -0.25) is 4.98 Å². The van der Waals surface area contributed by atoms with Crippen LogP contribution in [0.4, 0.5) is 0 Å². The third-order valence-electron chi connectivity index (χ3n) is 2.21. The van der Waals surface area contributed by atoms with Gasteiger partial charge in [0, 0.05) is 20.3 Å². The summed E-state index contributed by atoms with van der Waals surface area (Å²) in [6, 6.07) is 5.45. The summed E-state index contributed by atoms with van der Waals surface area (Å²) in [7, 11) is 3.34. The first-order chi connectivity index (χ1) is 10.1. The molecule has 2 N–H and O–H groups in total. The molecule has 7 nitrogen and oxygen atoms in total. The van der Waals surface area contributed by atoms with E-state index in [1.807, 2.05) is 12.1 Å². The summed E-state index contributed by atoms with van der Waals surface area (Å²) >= 11 is 9.84. The Balaban J connectivity index is 0.00000441. The number of hydrogen-bond acceptors (Lipinski definition) is 7. The quantitative estimate of drug-likeness (QED) is 0.258. The van der Waals surface area contributed by atoms with Crippen LogP contribution in [0.3, 0.4) is 0 Å². The standard InChI is InChI=1S/C12H17N7S2.Cu/c1-8(16-18-11(20)13-2)10(17-19-12(21)14-3)9-6-4-5-7-15-9;/h4-7H,1-3H3,(H2,13,18,20)(H2,14,19,21);/q;+2/p-2. The number of hydrogen-bond donors (Lipinski definition) is 2. The van der Waals surface area contributed by atoms with Crippen molar-refractivity contribution < 1.29 is 17.1 Å². The van der Waals surface area contributed by atoms with Crippen LogP contribution in [0.5, 0.6) is 0 Å². The monoisotopic (exact) mass is 384 g/mol. The van der Waals surface area contributed by atoms with Crippen LogP contribution in [0.1, 0.15) is 12.6 Å². The fraction of sp³-hybridized carbons (Fsp3) is 0.250. The average molecular weight is 385 g/mol. The van der Waals surface area contributed by atoms with E-state index in [-0.39, 0.29) is 27.4 Å². The number of nitrogens with zero attached hydrogens (tertiary/aromatic N) is 5. The van der Waals surface area contributed by atoms with Crippen LogP contribution in [-0.2, 0) is 42.3 Å².